The van der Waals surface area contributed by atoms with E-state index >= 15 is 0 Å². The lowest BCUT2D eigenvalue weighted by Gasteiger charge is -2.37. The Morgan fingerprint density at radius 2 is 2.10 bits per heavy atom. The first-order valence-electron chi connectivity index (χ1n) is 4.08. The molecular formula is C8H17NO. The van der Waals surface area contributed by atoms with Gasteiger partial charge in [-0.3, -0.25) is 0 Å². The van der Waals surface area contributed by atoms with Gasteiger partial charge in [0.1, 0.15) is 0 Å². The molecule has 0 aromatic carbocycles. The molecule has 0 aromatic heterocycles. The summed E-state index contributed by atoms with van der Waals surface area (Å²) in [6, 6.07) is 0.490. The molecule has 2 heteroatoms. The summed E-state index contributed by atoms with van der Waals surface area (Å²) in [4.78, 5) is 0. The van der Waals surface area contributed by atoms with Crippen LogP contribution in [0, 0.1) is 0 Å². The Bertz CT molecular complexity index is 108. The second-order valence-corrected chi connectivity index (χ2v) is 3.61. The molecule has 2 nitrogen and oxygen atoms in total. The highest BCUT2D eigenvalue weighted by molar-refractivity contribution is 4.89. The van der Waals surface area contributed by atoms with Gasteiger partial charge in [0.15, 0.2) is 0 Å². The third-order valence-corrected chi connectivity index (χ3v) is 2.12. The molecule has 0 saturated heterocycles. The van der Waals surface area contributed by atoms with Gasteiger partial charge in [-0.15, -0.1) is 0 Å². The first kappa shape index (κ1) is 8.02. The fraction of sp³-hybridized carbons (Fsp3) is 1.00. The molecule has 0 amide bonds. The topological polar surface area (TPSA) is 32.3 Å². The number of aliphatic hydroxyl groups is 1. The number of hydrogen-bond acceptors (Lipinski definition) is 2. The Labute approximate surface area is 62.6 Å². The predicted octanol–water partition coefficient (Wildman–Crippen LogP) is 0.899. The Balaban J connectivity index is 2.12. The normalized spacial score (nSPS) is 22.8. The number of hydrogen-bond donors (Lipinski definition) is 2. The van der Waals surface area contributed by atoms with Gasteiger partial charge in [-0.25, -0.2) is 0 Å². The summed E-state index contributed by atoms with van der Waals surface area (Å²) in [5.41, 5.74) is -0.357. The van der Waals surface area contributed by atoms with Crippen LogP contribution < -0.4 is 5.32 Å². The molecule has 0 heterocycles. The van der Waals surface area contributed by atoms with Gasteiger partial charge in [0, 0.05) is 12.6 Å². The van der Waals surface area contributed by atoms with Gasteiger partial charge in [-0.2, -0.15) is 0 Å². The third kappa shape index (κ3) is 1.96. The van der Waals surface area contributed by atoms with Gasteiger partial charge in [0.25, 0.3) is 0 Å². The van der Waals surface area contributed by atoms with Crippen molar-refractivity contribution in [2.75, 3.05) is 6.54 Å². The van der Waals surface area contributed by atoms with Crippen molar-refractivity contribution in [3.05, 3.63) is 0 Å². The Kier molecular flexibility index (Phi) is 2.32. The molecule has 1 aliphatic carbocycles. The molecule has 0 unspecified atom stereocenters. The summed E-state index contributed by atoms with van der Waals surface area (Å²) >= 11 is 0. The van der Waals surface area contributed by atoms with E-state index in [4.69, 9.17) is 0 Å². The van der Waals surface area contributed by atoms with Crippen LogP contribution in [0.3, 0.4) is 0 Å². The number of rotatable bonds is 3. The number of nitrogens with one attached hydrogen (secondary N) is 1. The van der Waals surface area contributed by atoms with Crippen LogP contribution in [0.25, 0.3) is 0 Å². The molecule has 0 spiro atoms. The second-order valence-electron chi connectivity index (χ2n) is 3.61. The summed E-state index contributed by atoms with van der Waals surface area (Å²) < 4.78 is 0. The molecule has 1 aliphatic rings. The first-order valence-corrected chi connectivity index (χ1v) is 4.08. The molecule has 1 saturated carbocycles. The average molecular weight is 143 g/mol. The van der Waals surface area contributed by atoms with Gasteiger partial charge in [0.2, 0.25) is 0 Å². The maximum Gasteiger partial charge on any atom is 0.0771 e. The lowest BCUT2D eigenvalue weighted by atomic mass is 9.80. The zero-order valence-corrected chi connectivity index (χ0v) is 6.85. The van der Waals surface area contributed by atoms with Crippen LogP contribution in [-0.2, 0) is 0 Å². The summed E-state index contributed by atoms with van der Waals surface area (Å²) in [5, 5.41) is 12.8. The molecule has 0 atom stereocenters. The minimum Gasteiger partial charge on any atom is -0.389 e. The molecule has 0 bridgehead atoms. The molecule has 0 aliphatic heterocycles. The summed E-state index contributed by atoms with van der Waals surface area (Å²) in [5.74, 6) is 0. The average Bonchev–Trinajstić information content (AvgIpc) is 1.79. The summed E-state index contributed by atoms with van der Waals surface area (Å²) in [6.45, 7) is 4.97. The van der Waals surface area contributed by atoms with Crippen LogP contribution in [0.1, 0.15) is 33.1 Å². The molecule has 1 rings (SSSR count). The second kappa shape index (κ2) is 2.89. The molecule has 2 N–H and O–H groups in total. The van der Waals surface area contributed by atoms with E-state index in [-0.39, 0.29) is 5.60 Å². The zero-order chi connectivity index (χ0) is 7.61. The molecule has 60 valence electrons. The monoisotopic (exact) mass is 143 g/mol. The quantitative estimate of drug-likeness (QED) is 0.615. The fourth-order valence-corrected chi connectivity index (χ4v) is 1.16. The van der Waals surface area contributed by atoms with E-state index in [1.165, 1.54) is 6.42 Å². The van der Waals surface area contributed by atoms with Gasteiger partial charge in [-0.05, 0) is 19.3 Å². The van der Waals surface area contributed by atoms with Crippen LogP contribution in [0.15, 0.2) is 0 Å². The first-order chi connectivity index (χ1) is 4.62. The molecule has 0 radical (unpaired) electrons. The molecule has 0 aromatic rings. The van der Waals surface area contributed by atoms with Crippen LogP contribution >= 0.6 is 0 Å². The van der Waals surface area contributed by atoms with Crippen molar-refractivity contribution < 1.29 is 5.11 Å². The minimum atomic E-state index is -0.357. The van der Waals surface area contributed by atoms with Crippen molar-refractivity contribution >= 4 is 0 Å². The van der Waals surface area contributed by atoms with Gasteiger partial charge < -0.3 is 10.4 Å². The van der Waals surface area contributed by atoms with E-state index in [0.717, 1.165) is 19.4 Å². The Morgan fingerprint density at radius 3 is 2.40 bits per heavy atom. The van der Waals surface area contributed by atoms with Crippen molar-refractivity contribution in [2.45, 2.75) is 44.8 Å². The highest BCUT2D eigenvalue weighted by Crippen LogP contribution is 2.30. The van der Waals surface area contributed by atoms with Crippen molar-refractivity contribution in [3.63, 3.8) is 0 Å². The van der Waals surface area contributed by atoms with Crippen molar-refractivity contribution in [1.82, 2.24) is 5.32 Å². The largest absolute Gasteiger partial charge is 0.389 e. The lowest BCUT2D eigenvalue weighted by molar-refractivity contribution is -0.0325. The maximum absolute atomic E-state index is 9.60. The van der Waals surface area contributed by atoms with Crippen molar-refractivity contribution in [2.24, 2.45) is 0 Å². The van der Waals surface area contributed by atoms with Crippen LogP contribution in [-0.4, -0.2) is 23.3 Å². The van der Waals surface area contributed by atoms with Crippen LogP contribution in [0.2, 0.25) is 0 Å². The van der Waals surface area contributed by atoms with E-state index in [2.05, 4.69) is 19.2 Å². The molecule has 10 heavy (non-hydrogen) atoms. The highest BCUT2D eigenvalue weighted by atomic mass is 16.3. The lowest BCUT2D eigenvalue weighted by Crippen LogP contribution is -2.47. The standard InChI is InChI=1S/C8H17NO/c1-7(2)9-6-8(10)4-3-5-8/h7,9-10H,3-6H2,1-2H3. The Morgan fingerprint density at radius 1 is 1.50 bits per heavy atom. The predicted molar refractivity (Wildman–Crippen MR) is 41.9 cm³/mol. The van der Waals surface area contributed by atoms with Gasteiger partial charge in [0.05, 0.1) is 5.60 Å². The van der Waals surface area contributed by atoms with E-state index in [9.17, 15) is 5.11 Å². The fourth-order valence-electron chi connectivity index (χ4n) is 1.16. The smallest absolute Gasteiger partial charge is 0.0771 e. The van der Waals surface area contributed by atoms with Crippen molar-refractivity contribution in [1.29, 1.82) is 0 Å². The summed E-state index contributed by atoms with van der Waals surface area (Å²) in [7, 11) is 0. The molecular weight excluding hydrogens is 126 g/mol. The van der Waals surface area contributed by atoms with Crippen molar-refractivity contribution in [3.8, 4) is 0 Å². The van der Waals surface area contributed by atoms with Gasteiger partial charge >= 0.3 is 0 Å². The van der Waals surface area contributed by atoms with Crippen LogP contribution in [0.5, 0.6) is 0 Å². The zero-order valence-electron chi connectivity index (χ0n) is 6.85. The minimum absolute atomic E-state index is 0.357. The van der Waals surface area contributed by atoms with E-state index in [1.807, 2.05) is 0 Å². The summed E-state index contributed by atoms with van der Waals surface area (Å²) in [6.07, 6.45) is 3.15. The maximum atomic E-state index is 9.60. The van der Waals surface area contributed by atoms with Crippen LogP contribution in [0.4, 0.5) is 0 Å². The molecule has 1 fully saturated rings. The highest BCUT2D eigenvalue weighted by Gasteiger charge is 2.33. The SMILES string of the molecule is CC(C)NCC1(O)CCC1. The van der Waals surface area contributed by atoms with Gasteiger partial charge in [-0.1, -0.05) is 13.8 Å². The van der Waals surface area contributed by atoms with E-state index < -0.39 is 0 Å². The Hall–Kier alpha value is -0.0800. The third-order valence-electron chi connectivity index (χ3n) is 2.12. The van der Waals surface area contributed by atoms with E-state index in [1.54, 1.807) is 0 Å². The van der Waals surface area contributed by atoms with E-state index in [0.29, 0.717) is 6.04 Å².